The largest absolute Gasteiger partial charge is 0.502 e. The Morgan fingerprint density at radius 1 is 1.02 bits per heavy atom. The maximum atomic E-state index is 12.0. The van der Waals surface area contributed by atoms with E-state index in [4.69, 9.17) is 28.7 Å². The van der Waals surface area contributed by atoms with Crippen molar-refractivity contribution in [2.24, 2.45) is 5.92 Å². The third-order valence-electron chi connectivity index (χ3n) is 8.52. The fourth-order valence-electron chi connectivity index (χ4n) is 6.31. The van der Waals surface area contributed by atoms with Gasteiger partial charge in [0.15, 0.2) is 23.0 Å². The van der Waals surface area contributed by atoms with Crippen LogP contribution in [0.15, 0.2) is 71.2 Å². The van der Waals surface area contributed by atoms with E-state index in [-0.39, 0.29) is 43.0 Å². The van der Waals surface area contributed by atoms with Gasteiger partial charge in [0, 0.05) is 34.5 Å². The number of esters is 1. The average molecular weight is 704 g/mol. The van der Waals surface area contributed by atoms with Crippen molar-refractivity contribution in [3.63, 3.8) is 0 Å². The number of methoxy groups -OCH3 is 2. The summed E-state index contributed by atoms with van der Waals surface area (Å²) >= 11 is 5.46. The van der Waals surface area contributed by atoms with Gasteiger partial charge >= 0.3 is 5.97 Å². The third kappa shape index (κ3) is 5.58. The maximum Gasteiger partial charge on any atom is 0.302 e. The van der Waals surface area contributed by atoms with Crippen molar-refractivity contribution < 1.29 is 33.6 Å². The van der Waals surface area contributed by atoms with Crippen LogP contribution in [0.5, 0.6) is 28.7 Å². The fourth-order valence-corrected chi connectivity index (χ4v) is 7.76. The number of rotatable bonds is 8. The summed E-state index contributed by atoms with van der Waals surface area (Å²) in [6.07, 6.45) is 0.621. The summed E-state index contributed by atoms with van der Waals surface area (Å²) in [6, 6.07) is 21.7. The summed E-state index contributed by atoms with van der Waals surface area (Å²) in [5.41, 5.74) is 5.78. The average Bonchev–Trinajstić information content (AvgIpc) is 3.71. The van der Waals surface area contributed by atoms with Crippen LogP contribution < -0.4 is 24.3 Å². The van der Waals surface area contributed by atoms with Crippen LogP contribution in [0.2, 0.25) is 0 Å². The molecule has 1 aromatic heterocycles. The molecule has 4 aromatic carbocycles. The van der Waals surface area contributed by atoms with Gasteiger partial charge in [0.25, 0.3) is 0 Å². The molecule has 9 nitrogen and oxygen atoms in total. The number of hydrogen-bond donors (Lipinski definition) is 2. The molecule has 2 heterocycles. The van der Waals surface area contributed by atoms with Crippen molar-refractivity contribution in [1.29, 1.82) is 0 Å². The molecule has 46 heavy (non-hydrogen) atoms. The number of phenolic OH excluding ortho intramolecular Hbond substituents is 1. The second kappa shape index (κ2) is 12.4. The van der Waals surface area contributed by atoms with E-state index in [9.17, 15) is 9.90 Å². The van der Waals surface area contributed by atoms with Gasteiger partial charge in [-0.3, -0.25) is 4.79 Å². The van der Waals surface area contributed by atoms with E-state index in [2.05, 4.69) is 39.4 Å². The first-order chi connectivity index (χ1) is 22.3. The number of phenols is 1. The van der Waals surface area contributed by atoms with Crippen molar-refractivity contribution in [1.82, 2.24) is 4.98 Å². The highest BCUT2D eigenvalue weighted by molar-refractivity contribution is 9.10. The van der Waals surface area contributed by atoms with Crippen molar-refractivity contribution in [2.45, 2.75) is 25.3 Å². The number of halogens is 1. The molecule has 0 fully saturated rings. The molecule has 0 radical (unpaired) electrons. The highest BCUT2D eigenvalue weighted by Crippen LogP contribution is 2.52. The zero-order valence-electron chi connectivity index (χ0n) is 25.3. The van der Waals surface area contributed by atoms with Gasteiger partial charge in [-0.1, -0.05) is 12.1 Å². The van der Waals surface area contributed by atoms with E-state index in [1.165, 1.54) is 21.1 Å². The predicted molar refractivity (Wildman–Crippen MR) is 179 cm³/mol. The van der Waals surface area contributed by atoms with E-state index in [0.29, 0.717) is 29.4 Å². The second-order valence-electron chi connectivity index (χ2n) is 11.3. The van der Waals surface area contributed by atoms with Crippen LogP contribution >= 0.6 is 27.3 Å². The van der Waals surface area contributed by atoms with Gasteiger partial charge < -0.3 is 34.1 Å². The predicted octanol–water partition coefficient (Wildman–Crippen LogP) is 8.05. The Labute approximate surface area is 278 Å². The number of hydrogen-bond acceptors (Lipinski definition) is 10. The van der Waals surface area contributed by atoms with E-state index in [0.717, 1.165) is 47.6 Å². The Hall–Kier alpha value is -4.48. The van der Waals surface area contributed by atoms with Crippen LogP contribution in [-0.2, 0) is 9.53 Å². The number of aromatic nitrogens is 1. The molecule has 1 aliphatic heterocycles. The molecule has 3 atom stereocenters. The molecule has 0 saturated heterocycles. The number of aromatic hydroxyl groups is 1. The van der Waals surface area contributed by atoms with Gasteiger partial charge in [-0.15, -0.1) is 11.3 Å². The molecule has 0 amide bonds. The quantitative estimate of drug-likeness (QED) is 0.155. The van der Waals surface area contributed by atoms with Gasteiger partial charge in [-0.25, -0.2) is 4.98 Å². The summed E-state index contributed by atoms with van der Waals surface area (Å²) in [6.45, 7) is 1.75. The van der Waals surface area contributed by atoms with E-state index < -0.39 is 0 Å². The number of carbonyl (C=O) groups excluding carboxylic acids is 1. The summed E-state index contributed by atoms with van der Waals surface area (Å²) in [5, 5.41) is 15.3. The van der Waals surface area contributed by atoms with Gasteiger partial charge in [0.2, 0.25) is 12.5 Å². The lowest BCUT2D eigenvalue weighted by molar-refractivity contribution is -0.142. The topological polar surface area (TPSA) is 108 Å². The lowest BCUT2D eigenvalue weighted by Gasteiger charge is -2.39. The van der Waals surface area contributed by atoms with E-state index in [1.807, 2.05) is 48.5 Å². The van der Waals surface area contributed by atoms with Gasteiger partial charge in [-0.2, -0.15) is 0 Å². The van der Waals surface area contributed by atoms with Gasteiger partial charge in [0.05, 0.1) is 37.1 Å². The molecule has 11 heteroatoms. The SMILES string of the molecule is COc1cc([C@H]2C[C@H](COC(C)=O)[C@H](Nc3ccc(-c4nc5ccccc5s4)cc3Br)c3cc4c(cc32)OCO4)cc(OC)c1O. The lowest BCUT2D eigenvalue weighted by atomic mass is 9.71. The number of nitrogens with zero attached hydrogens (tertiary/aromatic N) is 1. The minimum Gasteiger partial charge on any atom is -0.502 e. The van der Waals surface area contributed by atoms with Crippen LogP contribution in [0, 0.1) is 5.92 Å². The number of carbonyl (C=O) groups is 1. The Morgan fingerprint density at radius 2 is 1.74 bits per heavy atom. The van der Waals surface area contributed by atoms with Crippen LogP contribution in [0.3, 0.4) is 0 Å². The monoisotopic (exact) mass is 702 g/mol. The third-order valence-corrected chi connectivity index (χ3v) is 10.3. The number of nitrogens with one attached hydrogen (secondary N) is 1. The van der Waals surface area contributed by atoms with Crippen LogP contribution in [0.1, 0.15) is 42.0 Å². The minimum absolute atomic E-state index is 0.0642. The summed E-state index contributed by atoms with van der Waals surface area (Å²) < 4.78 is 30.3. The van der Waals surface area contributed by atoms with E-state index >= 15 is 0 Å². The number of fused-ring (bicyclic) bond motifs is 3. The van der Waals surface area contributed by atoms with Crippen LogP contribution in [-0.4, -0.2) is 43.7 Å². The first-order valence-electron chi connectivity index (χ1n) is 14.8. The summed E-state index contributed by atoms with van der Waals surface area (Å²) in [7, 11) is 3.02. The lowest BCUT2D eigenvalue weighted by Crippen LogP contribution is -2.33. The molecule has 2 aliphatic rings. The Morgan fingerprint density at radius 3 is 2.41 bits per heavy atom. The summed E-state index contributed by atoms with van der Waals surface area (Å²) in [4.78, 5) is 16.9. The maximum absolute atomic E-state index is 12.0. The molecule has 5 aromatic rings. The molecule has 0 bridgehead atoms. The zero-order valence-corrected chi connectivity index (χ0v) is 27.7. The highest BCUT2D eigenvalue weighted by atomic mass is 79.9. The molecule has 7 rings (SSSR count). The molecule has 2 N–H and O–H groups in total. The number of ether oxygens (including phenoxy) is 5. The molecule has 0 unspecified atom stereocenters. The highest BCUT2D eigenvalue weighted by Gasteiger charge is 2.39. The Bertz CT molecular complexity index is 1900. The normalized spacial score (nSPS) is 18.2. The number of para-hydroxylation sites is 1. The van der Waals surface area contributed by atoms with Crippen molar-refractivity contribution >= 4 is 49.1 Å². The molecular weight excluding hydrogens is 672 g/mol. The van der Waals surface area contributed by atoms with Crippen LogP contribution in [0.4, 0.5) is 5.69 Å². The number of anilines is 1. The Kier molecular flexibility index (Phi) is 8.12. The van der Waals surface area contributed by atoms with E-state index in [1.54, 1.807) is 11.3 Å². The smallest absolute Gasteiger partial charge is 0.302 e. The fraction of sp³-hybridized carbons (Fsp3) is 0.257. The van der Waals surface area contributed by atoms with Crippen LogP contribution in [0.25, 0.3) is 20.8 Å². The molecule has 0 saturated carbocycles. The molecule has 0 spiro atoms. The molecular formula is C35H31BrN2O7S. The number of thiazole rings is 1. The minimum atomic E-state index is -0.346. The molecule has 1 aliphatic carbocycles. The molecule has 236 valence electrons. The van der Waals surface area contributed by atoms with Gasteiger partial charge in [-0.05, 0) is 93.6 Å². The summed E-state index contributed by atoms with van der Waals surface area (Å²) in [5.74, 6) is 1.24. The standard InChI is InChI=1S/C35H31BrN2O7S/c1-18(39)43-16-21-10-22(20-12-30(41-2)34(40)31(13-20)42-3)23-14-28-29(45-17-44-28)15-24(23)33(21)37-26-9-8-19(11-25(26)36)35-38-27-6-4-5-7-32(27)46-35/h4-9,11-15,21-22,33,37,40H,10,16-17H2,1-3H3/t21-,22-,33+/m1/s1. The van der Waals surface area contributed by atoms with Crippen molar-refractivity contribution in [3.05, 3.63) is 87.9 Å². The van der Waals surface area contributed by atoms with Crippen molar-refractivity contribution in [2.75, 3.05) is 32.9 Å². The second-order valence-corrected chi connectivity index (χ2v) is 13.1. The first-order valence-corrected chi connectivity index (χ1v) is 16.4. The Balaban J connectivity index is 1.30. The zero-order chi connectivity index (χ0) is 31.9. The van der Waals surface area contributed by atoms with Gasteiger partial charge in [0.1, 0.15) is 5.01 Å². The van der Waals surface area contributed by atoms with Crippen molar-refractivity contribution in [3.8, 4) is 39.3 Å². The first kappa shape index (κ1) is 30.2. The number of benzene rings is 4.